The number of carbonyl (C=O) groups is 1. The third kappa shape index (κ3) is 4.62. The second-order valence-corrected chi connectivity index (χ2v) is 5.29. The Morgan fingerprint density at radius 3 is 2.91 bits per heavy atom. The summed E-state index contributed by atoms with van der Waals surface area (Å²) in [6.45, 7) is 0.00800. The van der Waals surface area contributed by atoms with E-state index in [1.807, 2.05) is 11.0 Å². The largest absolute Gasteiger partial charge is 0.484 e. The first-order chi connectivity index (χ1) is 10.4. The quantitative estimate of drug-likeness (QED) is 0.906. The highest BCUT2D eigenvalue weighted by Crippen LogP contribution is 2.23. The molecule has 1 saturated heterocycles. The van der Waals surface area contributed by atoms with Crippen LogP contribution in [0.3, 0.4) is 0 Å². The van der Waals surface area contributed by atoms with Crippen molar-refractivity contribution < 1.29 is 22.7 Å². The Labute approximate surface area is 127 Å². The maximum Gasteiger partial charge on any atom is 0.422 e. The lowest BCUT2D eigenvalue weighted by atomic mass is 10.1. The Kier molecular flexibility index (Phi) is 5.28. The fourth-order valence-electron chi connectivity index (χ4n) is 2.61. The predicted octanol–water partition coefficient (Wildman–Crippen LogP) is 2.34. The predicted molar refractivity (Wildman–Crippen MR) is 75.5 cm³/mol. The minimum atomic E-state index is -4.35. The molecule has 1 heterocycles. The molecule has 1 N–H and O–H groups in total. The van der Waals surface area contributed by atoms with Crippen LogP contribution < -0.4 is 10.1 Å². The van der Waals surface area contributed by atoms with Crippen LogP contribution in [0.15, 0.2) is 24.3 Å². The van der Waals surface area contributed by atoms with Crippen LogP contribution >= 0.6 is 0 Å². The van der Waals surface area contributed by atoms with Gasteiger partial charge in [0, 0.05) is 13.6 Å². The zero-order valence-electron chi connectivity index (χ0n) is 12.3. The van der Waals surface area contributed by atoms with Crippen LogP contribution in [-0.2, 0) is 11.3 Å². The van der Waals surface area contributed by atoms with Gasteiger partial charge in [0.15, 0.2) is 6.61 Å². The van der Waals surface area contributed by atoms with Crippen LogP contribution in [0.2, 0.25) is 0 Å². The number of hydrogen-bond donors (Lipinski definition) is 1. The zero-order chi connectivity index (χ0) is 16.2. The van der Waals surface area contributed by atoms with Crippen LogP contribution in [0, 0.1) is 0 Å². The fourth-order valence-corrected chi connectivity index (χ4v) is 2.61. The third-order valence-electron chi connectivity index (χ3n) is 3.60. The Bertz CT molecular complexity index is 520. The molecular formula is C15H19F3N2O2. The molecule has 1 aliphatic rings. The number of likely N-dealkylation sites (tertiary alicyclic amines) is 1. The normalized spacial score (nSPS) is 19.2. The molecule has 7 heteroatoms. The van der Waals surface area contributed by atoms with Crippen LogP contribution in [0.4, 0.5) is 13.2 Å². The molecule has 2 rings (SSSR count). The number of amides is 1. The molecule has 22 heavy (non-hydrogen) atoms. The monoisotopic (exact) mass is 316 g/mol. The second kappa shape index (κ2) is 7.00. The van der Waals surface area contributed by atoms with E-state index in [9.17, 15) is 18.0 Å². The van der Waals surface area contributed by atoms with Gasteiger partial charge in [0.05, 0.1) is 6.04 Å². The molecule has 1 atom stereocenters. The van der Waals surface area contributed by atoms with Gasteiger partial charge in [-0.25, -0.2) is 0 Å². The summed E-state index contributed by atoms with van der Waals surface area (Å²) in [6.07, 6.45) is -2.62. The molecule has 0 aromatic heterocycles. The van der Waals surface area contributed by atoms with Gasteiger partial charge in [0.25, 0.3) is 0 Å². The standard InChI is InChI=1S/C15H19F3N2O2/c1-19-14(21)13-6-3-7-20(13)9-11-4-2-5-12(8-11)22-10-15(16,17)18/h2,4-5,8,13H,3,6-7,9-10H2,1H3,(H,19,21). The Hall–Kier alpha value is -1.76. The lowest BCUT2D eigenvalue weighted by molar-refractivity contribution is -0.153. The molecule has 1 aliphatic heterocycles. The summed E-state index contributed by atoms with van der Waals surface area (Å²) in [5.74, 6) is 0.160. The van der Waals surface area contributed by atoms with Crippen molar-refractivity contribution >= 4 is 5.91 Å². The third-order valence-corrected chi connectivity index (χ3v) is 3.60. The highest BCUT2D eigenvalue weighted by Gasteiger charge is 2.30. The molecule has 1 unspecified atom stereocenters. The molecular weight excluding hydrogens is 297 g/mol. The van der Waals surface area contributed by atoms with Gasteiger partial charge < -0.3 is 10.1 Å². The first-order valence-corrected chi connectivity index (χ1v) is 7.13. The number of nitrogens with zero attached hydrogens (tertiary/aromatic N) is 1. The molecule has 1 fully saturated rings. The lowest BCUT2D eigenvalue weighted by Gasteiger charge is -2.23. The minimum absolute atomic E-state index is 0.0259. The van der Waals surface area contributed by atoms with E-state index in [1.54, 1.807) is 19.2 Å². The summed E-state index contributed by atoms with van der Waals surface area (Å²) in [7, 11) is 1.60. The van der Waals surface area contributed by atoms with E-state index in [1.165, 1.54) is 6.07 Å². The summed E-state index contributed by atoms with van der Waals surface area (Å²) >= 11 is 0. The van der Waals surface area contributed by atoms with Gasteiger partial charge in [0.2, 0.25) is 5.91 Å². The number of alkyl halides is 3. The molecule has 0 spiro atoms. The summed E-state index contributed by atoms with van der Waals surface area (Å²) in [4.78, 5) is 13.8. The molecule has 122 valence electrons. The Balaban J connectivity index is 1.99. The summed E-state index contributed by atoms with van der Waals surface area (Å²) in [5.41, 5.74) is 0.829. The second-order valence-electron chi connectivity index (χ2n) is 5.29. The maximum atomic E-state index is 12.2. The lowest BCUT2D eigenvalue weighted by Crippen LogP contribution is -2.41. The molecule has 1 aromatic rings. The van der Waals surface area contributed by atoms with Gasteiger partial charge in [-0.3, -0.25) is 9.69 Å². The zero-order valence-corrected chi connectivity index (χ0v) is 12.3. The van der Waals surface area contributed by atoms with Crippen molar-refractivity contribution in [2.75, 3.05) is 20.2 Å². The smallest absolute Gasteiger partial charge is 0.422 e. The van der Waals surface area contributed by atoms with Crippen molar-refractivity contribution in [3.05, 3.63) is 29.8 Å². The van der Waals surface area contributed by atoms with Gasteiger partial charge in [0.1, 0.15) is 5.75 Å². The van der Waals surface area contributed by atoms with E-state index < -0.39 is 12.8 Å². The number of carbonyl (C=O) groups excluding carboxylic acids is 1. The summed E-state index contributed by atoms with van der Waals surface area (Å²) in [6, 6.07) is 6.39. The SMILES string of the molecule is CNC(=O)C1CCCN1Cc1cccc(OCC(F)(F)F)c1. The molecule has 0 bridgehead atoms. The van der Waals surface area contributed by atoms with Crippen molar-refractivity contribution in [2.45, 2.75) is 31.6 Å². The van der Waals surface area contributed by atoms with Crippen molar-refractivity contribution in [3.63, 3.8) is 0 Å². The van der Waals surface area contributed by atoms with Crippen molar-refractivity contribution in [2.24, 2.45) is 0 Å². The number of likely N-dealkylation sites (N-methyl/N-ethyl adjacent to an activating group) is 1. The molecule has 0 radical (unpaired) electrons. The first-order valence-electron chi connectivity index (χ1n) is 7.13. The molecule has 4 nitrogen and oxygen atoms in total. The van der Waals surface area contributed by atoms with Crippen molar-refractivity contribution in [1.82, 2.24) is 10.2 Å². The highest BCUT2D eigenvalue weighted by atomic mass is 19.4. The number of ether oxygens (including phenoxy) is 1. The number of halogens is 3. The Morgan fingerprint density at radius 2 is 2.23 bits per heavy atom. The van der Waals surface area contributed by atoms with Gasteiger partial charge in [-0.15, -0.1) is 0 Å². The topological polar surface area (TPSA) is 41.6 Å². The average Bonchev–Trinajstić information content (AvgIpc) is 2.92. The van der Waals surface area contributed by atoms with Crippen LogP contribution in [0.25, 0.3) is 0 Å². The summed E-state index contributed by atoms with van der Waals surface area (Å²) in [5, 5.41) is 2.64. The van der Waals surface area contributed by atoms with Gasteiger partial charge >= 0.3 is 6.18 Å². The minimum Gasteiger partial charge on any atom is -0.484 e. The highest BCUT2D eigenvalue weighted by molar-refractivity contribution is 5.81. The van der Waals surface area contributed by atoms with E-state index in [0.717, 1.165) is 24.9 Å². The molecule has 1 amide bonds. The number of benzene rings is 1. The molecule has 0 aliphatic carbocycles. The average molecular weight is 316 g/mol. The van der Waals surface area contributed by atoms with Crippen LogP contribution in [0.5, 0.6) is 5.75 Å². The summed E-state index contributed by atoms with van der Waals surface area (Å²) < 4.78 is 41.3. The molecule has 1 aromatic carbocycles. The van der Waals surface area contributed by atoms with Gasteiger partial charge in [-0.1, -0.05) is 12.1 Å². The van der Waals surface area contributed by atoms with Crippen molar-refractivity contribution in [1.29, 1.82) is 0 Å². The number of nitrogens with one attached hydrogen (secondary N) is 1. The van der Waals surface area contributed by atoms with E-state index in [0.29, 0.717) is 6.54 Å². The van der Waals surface area contributed by atoms with Crippen LogP contribution in [0.1, 0.15) is 18.4 Å². The number of rotatable bonds is 5. The first kappa shape index (κ1) is 16.6. The maximum absolute atomic E-state index is 12.2. The Morgan fingerprint density at radius 1 is 1.45 bits per heavy atom. The molecule has 0 saturated carbocycles. The van der Waals surface area contributed by atoms with E-state index in [2.05, 4.69) is 5.32 Å². The van der Waals surface area contributed by atoms with Gasteiger partial charge in [-0.05, 0) is 37.1 Å². The van der Waals surface area contributed by atoms with E-state index in [-0.39, 0.29) is 17.7 Å². The van der Waals surface area contributed by atoms with E-state index >= 15 is 0 Å². The van der Waals surface area contributed by atoms with Crippen LogP contribution in [-0.4, -0.2) is 43.2 Å². The van der Waals surface area contributed by atoms with E-state index in [4.69, 9.17) is 4.74 Å². The number of hydrogen-bond acceptors (Lipinski definition) is 3. The fraction of sp³-hybridized carbons (Fsp3) is 0.533. The van der Waals surface area contributed by atoms with Gasteiger partial charge in [-0.2, -0.15) is 13.2 Å². The van der Waals surface area contributed by atoms with Crippen molar-refractivity contribution in [3.8, 4) is 5.75 Å².